The lowest BCUT2D eigenvalue weighted by Gasteiger charge is -2.12. The van der Waals surface area contributed by atoms with E-state index in [-0.39, 0.29) is 16.5 Å². The third-order valence-corrected chi connectivity index (χ3v) is 5.45. The Morgan fingerprint density at radius 3 is 2.41 bits per heavy atom. The number of rotatable bonds is 8. The first-order chi connectivity index (χ1) is 15.2. The Bertz CT molecular complexity index is 1310. The Labute approximate surface area is 184 Å². The minimum absolute atomic E-state index is 0.0562. The van der Waals surface area contributed by atoms with E-state index in [2.05, 4.69) is 32.2 Å². The van der Waals surface area contributed by atoms with Gasteiger partial charge in [0.15, 0.2) is 5.69 Å². The predicted molar refractivity (Wildman–Crippen MR) is 117 cm³/mol. The van der Waals surface area contributed by atoms with E-state index >= 15 is 0 Å². The number of aromatic amines is 1. The van der Waals surface area contributed by atoms with Gasteiger partial charge in [0.25, 0.3) is 16.1 Å². The highest BCUT2D eigenvalue weighted by Crippen LogP contribution is 2.23. The Balaban J connectivity index is 1.98. The molecule has 0 unspecified atom stereocenters. The van der Waals surface area contributed by atoms with Gasteiger partial charge < -0.3 is 4.74 Å². The number of aryl methyl sites for hydroxylation is 2. The Kier molecular flexibility index (Phi) is 6.84. The van der Waals surface area contributed by atoms with Crippen molar-refractivity contribution in [2.24, 2.45) is 10.2 Å². The van der Waals surface area contributed by atoms with Crippen LogP contribution in [0.4, 0.5) is 11.4 Å². The summed E-state index contributed by atoms with van der Waals surface area (Å²) >= 11 is 0. The maximum absolute atomic E-state index is 12.9. The number of benzene rings is 1. The van der Waals surface area contributed by atoms with Gasteiger partial charge in [-0.3, -0.25) is 14.4 Å². The first kappa shape index (κ1) is 23.3. The van der Waals surface area contributed by atoms with Crippen LogP contribution in [0.3, 0.4) is 0 Å². The second kappa shape index (κ2) is 9.40. The van der Waals surface area contributed by atoms with Crippen molar-refractivity contribution in [2.45, 2.75) is 45.4 Å². The Morgan fingerprint density at radius 2 is 1.81 bits per heavy atom. The number of nitrogens with zero attached hydrogens (tertiary/aromatic N) is 5. The van der Waals surface area contributed by atoms with E-state index in [1.54, 1.807) is 6.92 Å². The molecule has 0 saturated heterocycles. The smallest absolute Gasteiger partial charge is 0.301 e. The number of ether oxygens (including phenoxy) is 1. The lowest BCUT2D eigenvalue weighted by molar-refractivity contribution is 0.320. The molecule has 3 aromatic rings. The third-order valence-electron chi connectivity index (χ3n) is 4.59. The number of azo groups is 1. The van der Waals surface area contributed by atoms with Crippen LogP contribution < -0.4 is 10.3 Å². The van der Waals surface area contributed by atoms with Crippen LogP contribution in [-0.2, 0) is 16.5 Å². The molecule has 0 radical (unpaired) electrons. The summed E-state index contributed by atoms with van der Waals surface area (Å²) in [7, 11) is -4.30. The molecule has 0 saturated carbocycles. The summed E-state index contributed by atoms with van der Waals surface area (Å²) in [6.07, 6.45) is 1.66. The molecule has 12 heteroatoms. The van der Waals surface area contributed by atoms with Crippen LogP contribution in [0.15, 0.2) is 44.2 Å². The summed E-state index contributed by atoms with van der Waals surface area (Å²) in [5.41, 5.74) is 1.94. The van der Waals surface area contributed by atoms with Gasteiger partial charge in [-0.15, -0.1) is 5.11 Å². The Hall–Kier alpha value is -3.38. The minimum atomic E-state index is -4.30. The minimum Gasteiger partial charge on any atom is -0.478 e. The summed E-state index contributed by atoms with van der Waals surface area (Å²) < 4.78 is 38.1. The molecule has 0 atom stereocenters. The van der Waals surface area contributed by atoms with E-state index < -0.39 is 15.7 Å². The monoisotopic (exact) mass is 460 g/mol. The quantitative estimate of drug-likeness (QED) is 0.385. The van der Waals surface area contributed by atoms with E-state index in [1.165, 1.54) is 28.9 Å². The molecule has 2 heterocycles. The van der Waals surface area contributed by atoms with E-state index in [9.17, 15) is 13.2 Å². The van der Waals surface area contributed by atoms with Crippen molar-refractivity contribution in [3.05, 3.63) is 51.6 Å². The van der Waals surface area contributed by atoms with Crippen molar-refractivity contribution in [1.82, 2.24) is 19.7 Å². The van der Waals surface area contributed by atoms with E-state index in [4.69, 9.17) is 9.29 Å². The van der Waals surface area contributed by atoms with Gasteiger partial charge in [-0.2, -0.15) is 23.2 Å². The van der Waals surface area contributed by atoms with E-state index in [1.807, 2.05) is 13.8 Å². The molecule has 0 spiro atoms. The number of hydrogen-bond donors (Lipinski definition) is 2. The largest absolute Gasteiger partial charge is 0.478 e. The molecule has 0 amide bonds. The molecular weight excluding hydrogens is 436 g/mol. The molecule has 11 nitrogen and oxygen atoms in total. The fraction of sp³-hybridized carbons (Fsp3) is 0.350. The molecule has 1 aromatic carbocycles. The fourth-order valence-corrected chi connectivity index (χ4v) is 3.52. The normalized spacial score (nSPS) is 11.9. The van der Waals surface area contributed by atoms with E-state index in [0.29, 0.717) is 23.9 Å². The van der Waals surface area contributed by atoms with Crippen molar-refractivity contribution >= 4 is 21.5 Å². The molecule has 0 bridgehead atoms. The van der Waals surface area contributed by atoms with Crippen molar-refractivity contribution in [1.29, 1.82) is 0 Å². The molecule has 32 heavy (non-hydrogen) atoms. The van der Waals surface area contributed by atoms with Crippen LogP contribution in [-0.4, -0.2) is 39.3 Å². The topological polar surface area (TPSA) is 152 Å². The predicted octanol–water partition coefficient (Wildman–Crippen LogP) is 3.59. The molecule has 2 aromatic heterocycles. The van der Waals surface area contributed by atoms with Gasteiger partial charge in [0.05, 0.1) is 22.9 Å². The molecule has 0 aliphatic heterocycles. The van der Waals surface area contributed by atoms with Gasteiger partial charge in [-0.25, -0.2) is 4.98 Å². The summed E-state index contributed by atoms with van der Waals surface area (Å²) in [5.74, 6) is 0.580. The summed E-state index contributed by atoms with van der Waals surface area (Å²) in [4.78, 5) is 21.6. The van der Waals surface area contributed by atoms with Crippen molar-refractivity contribution in [3.63, 3.8) is 0 Å². The average Bonchev–Trinajstić information content (AvgIpc) is 3.02. The number of nitrogens with one attached hydrogen (secondary N) is 1. The first-order valence-electron chi connectivity index (χ1n) is 9.97. The number of hydrogen-bond acceptors (Lipinski definition) is 8. The van der Waals surface area contributed by atoms with Crippen LogP contribution in [0.1, 0.15) is 37.2 Å². The summed E-state index contributed by atoms with van der Waals surface area (Å²) in [6, 6.07) is 5.10. The number of aromatic nitrogens is 4. The first-order valence-corrected chi connectivity index (χ1v) is 11.4. The zero-order valence-electron chi connectivity index (χ0n) is 18.2. The summed E-state index contributed by atoms with van der Waals surface area (Å²) in [6.45, 7) is 7.85. The van der Waals surface area contributed by atoms with Gasteiger partial charge in [-0.1, -0.05) is 13.3 Å². The van der Waals surface area contributed by atoms with Crippen molar-refractivity contribution in [2.75, 3.05) is 6.61 Å². The van der Waals surface area contributed by atoms with Gasteiger partial charge in [-0.05, 0) is 51.5 Å². The Morgan fingerprint density at radius 1 is 1.12 bits per heavy atom. The van der Waals surface area contributed by atoms with Crippen LogP contribution in [0, 0.1) is 13.8 Å². The maximum atomic E-state index is 12.9. The van der Waals surface area contributed by atoms with Crippen LogP contribution >= 0.6 is 0 Å². The van der Waals surface area contributed by atoms with Gasteiger partial charge in [0, 0.05) is 11.3 Å². The molecule has 0 aliphatic carbocycles. The second-order valence-electron chi connectivity index (χ2n) is 6.97. The lowest BCUT2D eigenvalue weighted by atomic mass is 10.1. The molecule has 0 fully saturated rings. The second-order valence-corrected chi connectivity index (χ2v) is 8.39. The van der Waals surface area contributed by atoms with Gasteiger partial charge in [0.1, 0.15) is 0 Å². The molecule has 170 valence electrons. The molecular formula is C20H24N6O5S. The van der Waals surface area contributed by atoms with Crippen LogP contribution in [0.5, 0.6) is 5.88 Å². The number of H-pyrrole nitrogens is 1. The standard InChI is InChI=1S/C20H24N6O5S/c1-5-7-16-12(3)21-20(22-18(16)31-6-2)26-19(27)17(13(4)25-26)24-23-14-8-10-15(11-9-14)32(28,29)30/h8-11,25H,5-7H2,1-4H3,(H,28,29,30). The zero-order chi connectivity index (χ0) is 23.5. The van der Waals surface area contributed by atoms with Gasteiger partial charge in [0.2, 0.25) is 5.88 Å². The maximum Gasteiger partial charge on any atom is 0.301 e. The highest BCUT2D eigenvalue weighted by molar-refractivity contribution is 7.85. The van der Waals surface area contributed by atoms with Gasteiger partial charge >= 0.3 is 5.56 Å². The highest BCUT2D eigenvalue weighted by Gasteiger charge is 2.18. The highest BCUT2D eigenvalue weighted by atomic mass is 32.2. The van der Waals surface area contributed by atoms with E-state index in [0.717, 1.165) is 24.1 Å². The van der Waals surface area contributed by atoms with Crippen molar-refractivity contribution < 1.29 is 17.7 Å². The van der Waals surface area contributed by atoms with Crippen LogP contribution in [0.25, 0.3) is 5.95 Å². The average molecular weight is 461 g/mol. The van der Waals surface area contributed by atoms with Crippen LogP contribution in [0.2, 0.25) is 0 Å². The van der Waals surface area contributed by atoms with Crippen molar-refractivity contribution in [3.8, 4) is 11.8 Å². The molecule has 0 aliphatic rings. The third kappa shape index (κ3) is 4.92. The molecule has 3 rings (SSSR count). The zero-order valence-corrected chi connectivity index (χ0v) is 19.0. The SMILES string of the molecule is CCCc1c(C)nc(-n2[nH]c(C)c(N=Nc3ccc(S(=O)(=O)O)cc3)c2=O)nc1OCC. The fourth-order valence-electron chi connectivity index (χ4n) is 3.04. The lowest BCUT2D eigenvalue weighted by Crippen LogP contribution is -2.19. The molecule has 2 N–H and O–H groups in total. The summed E-state index contributed by atoms with van der Waals surface area (Å²) in [5, 5.41) is 10.9.